The standard InChI is InChI=1S/2C17H13NO2.Sn/c2*19-16-10-9-12-5-1-2-6-13(12)14(16)11-18-15-7-3-4-8-17(15)20;/h2*1-11,19-20H;/q;;+4/p-4. The number of fused-ring (bicyclic) bond motifs is 8. The molecule has 7 heteroatoms. The van der Waals surface area contributed by atoms with E-state index >= 15 is 0 Å². The van der Waals surface area contributed by atoms with Gasteiger partial charge < -0.3 is 0 Å². The summed E-state index contributed by atoms with van der Waals surface area (Å²) >= 11 is -5.19. The Labute approximate surface area is 242 Å². The van der Waals surface area contributed by atoms with Crippen molar-refractivity contribution in [2.75, 3.05) is 0 Å². The third-order valence-corrected chi connectivity index (χ3v) is 12.6. The molecule has 0 amide bonds. The number of nitrogens with zero attached hydrogens (tertiary/aromatic N) is 2. The van der Waals surface area contributed by atoms with Gasteiger partial charge in [0.2, 0.25) is 0 Å². The first-order valence-electron chi connectivity index (χ1n) is 13.3. The minimum absolute atomic E-state index is 0.525. The van der Waals surface area contributed by atoms with Crippen LogP contribution in [0.3, 0.4) is 0 Å². The first kappa shape index (κ1) is 24.0. The second kappa shape index (κ2) is 9.67. The maximum atomic E-state index is 6.92. The molecule has 41 heavy (non-hydrogen) atoms. The number of rotatable bonds is 0. The fraction of sp³-hybridized carbons (Fsp3) is 0. The van der Waals surface area contributed by atoms with Gasteiger partial charge >= 0.3 is 243 Å². The molecular formula is C34H22N2O4Sn. The Morgan fingerprint density at radius 2 is 0.805 bits per heavy atom. The number of para-hydroxylation sites is 4. The first-order chi connectivity index (χ1) is 20.2. The van der Waals surface area contributed by atoms with Crippen molar-refractivity contribution in [3.05, 3.63) is 132 Å². The molecule has 1 spiro atoms. The second-order valence-corrected chi connectivity index (χ2v) is 14.9. The molecular weight excluding hydrogens is 619 g/mol. The zero-order valence-electron chi connectivity index (χ0n) is 21.7. The molecule has 0 atom stereocenters. The normalized spacial score (nSPS) is 17.0. The van der Waals surface area contributed by atoms with Crippen molar-refractivity contribution in [2.45, 2.75) is 0 Å². The Morgan fingerprint density at radius 3 is 1.32 bits per heavy atom. The van der Waals surface area contributed by atoms with Gasteiger partial charge in [0.25, 0.3) is 0 Å². The monoisotopic (exact) mass is 642 g/mol. The van der Waals surface area contributed by atoms with Crippen molar-refractivity contribution < 1.29 is 12.3 Å². The molecule has 6 nitrogen and oxygen atoms in total. The van der Waals surface area contributed by atoms with Gasteiger partial charge in [-0.1, -0.05) is 0 Å². The van der Waals surface area contributed by atoms with Crippen LogP contribution < -0.4 is 12.3 Å². The summed E-state index contributed by atoms with van der Waals surface area (Å²) in [5, 5.41) is 4.16. The van der Waals surface area contributed by atoms with Crippen molar-refractivity contribution >= 4 is 65.4 Å². The van der Waals surface area contributed by atoms with Crippen LogP contribution in [0.1, 0.15) is 11.1 Å². The molecule has 0 N–H and O–H groups in total. The van der Waals surface area contributed by atoms with Crippen molar-refractivity contribution in [3.8, 4) is 23.0 Å². The van der Waals surface area contributed by atoms with Gasteiger partial charge in [-0.05, 0) is 0 Å². The third-order valence-electron chi connectivity index (χ3n) is 7.20. The van der Waals surface area contributed by atoms with Gasteiger partial charge in [0, 0.05) is 0 Å². The number of hydrogen-bond donors (Lipinski definition) is 0. The molecule has 6 aromatic carbocycles. The second-order valence-electron chi connectivity index (χ2n) is 9.76. The molecule has 2 aliphatic rings. The predicted octanol–water partition coefficient (Wildman–Crippen LogP) is 8.17. The van der Waals surface area contributed by atoms with Crippen molar-refractivity contribution in [3.63, 3.8) is 0 Å². The molecule has 0 saturated heterocycles. The SMILES string of the molecule is C1=Nc2ccccc2[O][Sn]2([O]c3ccccc3N=Cc3c(ccc4ccccc34)[O]2)[O]c2ccc3ccccc3c21. The Bertz CT molecular complexity index is 1890. The molecule has 2 aliphatic heterocycles. The quantitative estimate of drug-likeness (QED) is 0.157. The van der Waals surface area contributed by atoms with Crippen LogP contribution in [0, 0.1) is 0 Å². The van der Waals surface area contributed by atoms with Crippen LogP contribution >= 0.6 is 0 Å². The molecule has 2 heterocycles. The van der Waals surface area contributed by atoms with E-state index in [1.807, 2.05) is 109 Å². The summed E-state index contributed by atoms with van der Waals surface area (Å²) < 4.78 is 27.5. The fourth-order valence-electron chi connectivity index (χ4n) is 5.23. The van der Waals surface area contributed by atoms with Crippen molar-refractivity contribution in [1.82, 2.24) is 0 Å². The molecule has 0 radical (unpaired) electrons. The maximum absolute atomic E-state index is 6.92. The van der Waals surface area contributed by atoms with E-state index in [1.54, 1.807) is 0 Å². The van der Waals surface area contributed by atoms with E-state index in [-0.39, 0.29) is 0 Å². The van der Waals surface area contributed by atoms with E-state index in [4.69, 9.17) is 22.3 Å². The summed E-state index contributed by atoms with van der Waals surface area (Å²) in [6, 6.07) is 39.5. The summed E-state index contributed by atoms with van der Waals surface area (Å²) in [5.41, 5.74) is 2.97. The zero-order chi connectivity index (χ0) is 27.2. The van der Waals surface area contributed by atoms with E-state index in [0.29, 0.717) is 34.4 Å². The molecule has 0 aliphatic carbocycles. The van der Waals surface area contributed by atoms with Gasteiger partial charge in [-0.25, -0.2) is 0 Å². The van der Waals surface area contributed by atoms with Gasteiger partial charge in [0.15, 0.2) is 0 Å². The summed E-state index contributed by atoms with van der Waals surface area (Å²) in [6.07, 6.45) is 3.66. The topological polar surface area (TPSA) is 61.6 Å². The van der Waals surface area contributed by atoms with E-state index in [2.05, 4.69) is 24.3 Å². The molecule has 0 aromatic heterocycles. The van der Waals surface area contributed by atoms with Gasteiger partial charge in [0.05, 0.1) is 0 Å². The van der Waals surface area contributed by atoms with Gasteiger partial charge in [-0.3, -0.25) is 0 Å². The van der Waals surface area contributed by atoms with Crippen LogP contribution in [0.2, 0.25) is 0 Å². The average Bonchev–Trinajstić information content (AvgIpc) is 3.12. The van der Waals surface area contributed by atoms with Gasteiger partial charge in [0.1, 0.15) is 0 Å². The van der Waals surface area contributed by atoms with E-state index < -0.39 is 20.0 Å². The predicted molar refractivity (Wildman–Crippen MR) is 164 cm³/mol. The van der Waals surface area contributed by atoms with Crippen molar-refractivity contribution in [1.29, 1.82) is 0 Å². The van der Waals surface area contributed by atoms with Crippen LogP contribution in [-0.2, 0) is 0 Å². The van der Waals surface area contributed by atoms with Crippen LogP contribution in [0.25, 0.3) is 21.5 Å². The number of benzene rings is 6. The minimum atomic E-state index is -5.19. The Hall–Kier alpha value is -4.82. The fourth-order valence-corrected chi connectivity index (χ4v) is 11.0. The van der Waals surface area contributed by atoms with E-state index in [9.17, 15) is 0 Å². The number of aliphatic imine (C=N–C) groups is 2. The first-order valence-corrected chi connectivity index (χ1v) is 18.0. The Balaban J connectivity index is 1.41. The van der Waals surface area contributed by atoms with Crippen LogP contribution in [0.4, 0.5) is 11.4 Å². The van der Waals surface area contributed by atoms with Gasteiger partial charge in [-0.15, -0.1) is 0 Å². The Kier molecular flexibility index (Phi) is 5.67. The molecule has 0 unspecified atom stereocenters. The molecule has 0 bridgehead atoms. The number of hydrogen-bond acceptors (Lipinski definition) is 6. The molecule has 8 rings (SSSR count). The van der Waals surface area contributed by atoms with E-state index in [1.165, 1.54) is 0 Å². The Morgan fingerprint density at radius 1 is 0.390 bits per heavy atom. The summed E-state index contributed by atoms with van der Waals surface area (Å²) in [6.45, 7) is 0. The van der Waals surface area contributed by atoms with Gasteiger partial charge in [-0.2, -0.15) is 0 Å². The molecule has 0 saturated carbocycles. The van der Waals surface area contributed by atoms with E-state index in [0.717, 1.165) is 32.7 Å². The molecule has 0 fully saturated rings. The van der Waals surface area contributed by atoms with Crippen LogP contribution in [0.15, 0.2) is 131 Å². The summed E-state index contributed by atoms with van der Waals surface area (Å²) in [5.74, 6) is 2.21. The molecule has 6 aromatic rings. The summed E-state index contributed by atoms with van der Waals surface area (Å²) in [4.78, 5) is 9.67. The average molecular weight is 641 g/mol. The van der Waals surface area contributed by atoms with Crippen LogP contribution in [-0.4, -0.2) is 32.5 Å². The third kappa shape index (κ3) is 4.27. The van der Waals surface area contributed by atoms with Crippen LogP contribution in [0.5, 0.6) is 23.0 Å². The summed E-state index contributed by atoms with van der Waals surface area (Å²) in [7, 11) is 0. The zero-order valence-corrected chi connectivity index (χ0v) is 24.6. The molecule has 196 valence electrons. The van der Waals surface area contributed by atoms with Crippen molar-refractivity contribution in [2.24, 2.45) is 9.98 Å².